The van der Waals surface area contributed by atoms with Crippen LogP contribution in [-0.2, 0) is 9.59 Å². The predicted octanol–water partition coefficient (Wildman–Crippen LogP) is 2.93. The summed E-state index contributed by atoms with van der Waals surface area (Å²) in [5.74, 6) is -0.426. The zero-order valence-corrected chi connectivity index (χ0v) is 14.0. The predicted molar refractivity (Wildman–Crippen MR) is 94.3 cm³/mol. The summed E-state index contributed by atoms with van der Waals surface area (Å²) in [6, 6.07) is 7.51. The third-order valence-corrected chi connectivity index (χ3v) is 4.47. The summed E-state index contributed by atoms with van der Waals surface area (Å²) in [7, 11) is 1.61. The molecule has 1 aliphatic rings. The summed E-state index contributed by atoms with van der Waals surface area (Å²) in [6.07, 6.45) is 5.19. The van der Waals surface area contributed by atoms with Crippen LogP contribution in [0.3, 0.4) is 0 Å². The number of thioether (sulfide) groups is 1. The zero-order valence-electron chi connectivity index (χ0n) is 12.4. The van der Waals surface area contributed by atoms with Crippen LogP contribution in [0.4, 0.5) is 0 Å². The Hall–Kier alpha value is -2.12. The van der Waals surface area contributed by atoms with Crippen molar-refractivity contribution in [3.8, 4) is 5.75 Å². The van der Waals surface area contributed by atoms with Gasteiger partial charge in [-0.05, 0) is 23.8 Å². The number of ether oxygens (including phenoxy) is 1. The Labute approximate surface area is 143 Å². The van der Waals surface area contributed by atoms with Crippen molar-refractivity contribution >= 4 is 46.3 Å². The van der Waals surface area contributed by atoms with Gasteiger partial charge in [0.1, 0.15) is 10.1 Å². The van der Waals surface area contributed by atoms with E-state index in [-0.39, 0.29) is 18.9 Å². The zero-order chi connectivity index (χ0) is 16.8. The molecule has 1 heterocycles. The number of hydrogen-bond acceptors (Lipinski definition) is 5. The number of nitrogens with zero attached hydrogens (tertiary/aromatic N) is 1. The van der Waals surface area contributed by atoms with E-state index in [0.717, 1.165) is 11.3 Å². The number of carbonyl (C=O) groups excluding carboxylic acids is 1. The van der Waals surface area contributed by atoms with Crippen LogP contribution in [0.15, 0.2) is 41.3 Å². The minimum atomic E-state index is -0.956. The lowest BCUT2D eigenvalue weighted by atomic mass is 10.2. The number of thiocarbonyl (C=S) groups is 1. The Kier molecular flexibility index (Phi) is 5.95. The van der Waals surface area contributed by atoms with Crippen LogP contribution >= 0.6 is 24.0 Å². The molecule has 1 fully saturated rings. The van der Waals surface area contributed by atoms with Gasteiger partial charge in [0.25, 0.3) is 5.91 Å². The van der Waals surface area contributed by atoms with Gasteiger partial charge in [-0.25, -0.2) is 0 Å². The van der Waals surface area contributed by atoms with E-state index in [9.17, 15) is 9.59 Å². The maximum atomic E-state index is 12.2. The molecule has 2 rings (SSSR count). The van der Waals surface area contributed by atoms with Gasteiger partial charge in [-0.1, -0.05) is 48.3 Å². The molecule has 120 valence electrons. The topological polar surface area (TPSA) is 66.8 Å². The van der Waals surface area contributed by atoms with Crippen LogP contribution in [0.1, 0.15) is 12.0 Å². The van der Waals surface area contributed by atoms with Crippen molar-refractivity contribution in [1.29, 1.82) is 0 Å². The largest absolute Gasteiger partial charge is 0.497 e. The molecule has 0 spiro atoms. The minimum Gasteiger partial charge on any atom is -0.497 e. The van der Waals surface area contributed by atoms with Gasteiger partial charge < -0.3 is 9.84 Å². The van der Waals surface area contributed by atoms with E-state index in [2.05, 4.69) is 0 Å². The second-order valence-electron chi connectivity index (χ2n) is 4.63. The number of methoxy groups -OCH3 is 1. The Morgan fingerprint density at radius 2 is 2.09 bits per heavy atom. The smallest absolute Gasteiger partial charge is 0.305 e. The van der Waals surface area contributed by atoms with E-state index in [1.165, 1.54) is 16.7 Å². The average molecular weight is 349 g/mol. The Bertz CT molecular complexity index is 680. The van der Waals surface area contributed by atoms with E-state index < -0.39 is 5.97 Å². The van der Waals surface area contributed by atoms with Gasteiger partial charge in [-0.3, -0.25) is 14.5 Å². The molecule has 1 N–H and O–H groups in total. The summed E-state index contributed by atoms with van der Waals surface area (Å²) >= 11 is 6.29. The lowest BCUT2D eigenvalue weighted by molar-refractivity contribution is -0.137. The molecule has 7 heteroatoms. The van der Waals surface area contributed by atoms with Crippen molar-refractivity contribution in [1.82, 2.24) is 4.90 Å². The number of carboxylic acid groups (broad SMARTS) is 1. The Morgan fingerprint density at radius 1 is 1.39 bits per heavy atom. The van der Waals surface area contributed by atoms with Gasteiger partial charge in [0, 0.05) is 6.54 Å². The molecule has 5 nitrogen and oxygen atoms in total. The first-order valence-corrected chi connectivity index (χ1v) is 8.01. The number of benzene rings is 1. The molecular weight excluding hydrogens is 334 g/mol. The van der Waals surface area contributed by atoms with Crippen molar-refractivity contribution in [3.05, 3.63) is 46.9 Å². The molecule has 0 aromatic heterocycles. The summed E-state index contributed by atoms with van der Waals surface area (Å²) in [5, 5.41) is 8.69. The third kappa shape index (κ3) is 4.67. The molecule has 1 aromatic rings. The van der Waals surface area contributed by atoms with Crippen LogP contribution in [0.5, 0.6) is 5.75 Å². The van der Waals surface area contributed by atoms with Crippen molar-refractivity contribution in [2.45, 2.75) is 6.42 Å². The molecule has 1 aromatic carbocycles. The minimum absolute atomic E-state index is 0.0968. The number of rotatable bonds is 6. The Morgan fingerprint density at radius 3 is 2.70 bits per heavy atom. The highest BCUT2D eigenvalue weighted by atomic mass is 32.2. The van der Waals surface area contributed by atoms with Crippen LogP contribution in [0.25, 0.3) is 6.08 Å². The fraction of sp³-hybridized carbons (Fsp3) is 0.188. The highest BCUT2D eigenvalue weighted by Gasteiger charge is 2.31. The first-order chi connectivity index (χ1) is 11.0. The summed E-state index contributed by atoms with van der Waals surface area (Å²) < 4.78 is 5.48. The third-order valence-electron chi connectivity index (χ3n) is 3.07. The monoisotopic (exact) mass is 349 g/mol. The van der Waals surface area contributed by atoms with Crippen LogP contribution in [0.2, 0.25) is 0 Å². The normalized spacial score (nSPS) is 16.6. The molecule has 0 radical (unpaired) electrons. The fourth-order valence-electron chi connectivity index (χ4n) is 1.88. The van der Waals surface area contributed by atoms with Gasteiger partial charge >= 0.3 is 5.97 Å². The number of carbonyl (C=O) groups is 2. The lowest BCUT2D eigenvalue weighted by Crippen LogP contribution is -2.30. The van der Waals surface area contributed by atoms with Gasteiger partial charge in [0.15, 0.2) is 0 Å². The highest BCUT2D eigenvalue weighted by molar-refractivity contribution is 8.26. The Balaban J connectivity index is 2.02. The number of carboxylic acids is 1. The SMILES string of the molecule is COc1ccc(C=CC=C2SC(=S)N(CCC(=O)O)C2=O)cc1. The number of aliphatic carboxylic acids is 1. The van der Waals surface area contributed by atoms with Gasteiger partial charge in [0.2, 0.25) is 0 Å². The van der Waals surface area contributed by atoms with E-state index in [1.807, 2.05) is 30.3 Å². The molecule has 0 saturated carbocycles. The van der Waals surface area contributed by atoms with Crippen molar-refractivity contribution in [2.24, 2.45) is 0 Å². The van der Waals surface area contributed by atoms with E-state index in [4.69, 9.17) is 22.1 Å². The molecule has 1 amide bonds. The van der Waals surface area contributed by atoms with Gasteiger partial charge in [-0.15, -0.1) is 0 Å². The standard InChI is InChI=1S/C16H15NO4S2/c1-21-12-7-5-11(6-8-12)3-2-4-13-15(20)17(16(22)23-13)10-9-14(18)19/h2-8H,9-10H2,1H3,(H,18,19). The molecular formula is C16H15NO4S2. The molecule has 0 unspecified atom stereocenters. The molecule has 23 heavy (non-hydrogen) atoms. The first kappa shape index (κ1) is 17.2. The van der Waals surface area contributed by atoms with Crippen molar-refractivity contribution in [3.63, 3.8) is 0 Å². The molecule has 0 aliphatic carbocycles. The molecule has 1 aliphatic heterocycles. The summed E-state index contributed by atoms with van der Waals surface area (Å²) in [4.78, 5) is 24.6. The second kappa shape index (κ2) is 7.94. The second-order valence-corrected chi connectivity index (χ2v) is 6.31. The number of allylic oxidation sites excluding steroid dienone is 2. The first-order valence-electron chi connectivity index (χ1n) is 6.79. The molecule has 0 atom stereocenters. The van der Waals surface area contributed by atoms with E-state index >= 15 is 0 Å². The molecule has 0 bridgehead atoms. The highest BCUT2D eigenvalue weighted by Crippen LogP contribution is 2.31. The maximum Gasteiger partial charge on any atom is 0.305 e. The van der Waals surface area contributed by atoms with E-state index in [0.29, 0.717) is 9.23 Å². The van der Waals surface area contributed by atoms with Gasteiger partial charge in [-0.2, -0.15) is 0 Å². The van der Waals surface area contributed by atoms with Crippen molar-refractivity contribution < 1.29 is 19.4 Å². The summed E-state index contributed by atoms with van der Waals surface area (Å²) in [6.45, 7) is 0.0968. The van der Waals surface area contributed by atoms with E-state index in [1.54, 1.807) is 19.3 Å². The number of hydrogen-bond donors (Lipinski definition) is 1. The summed E-state index contributed by atoms with van der Waals surface area (Å²) in [5.41, 5.74) is 0.975. The van der Waals surface area contributed by atoms with Crippen LogP contribution in [0, 0.1) is 0 Å². The fourth-order valence-corrected chi connectivity index (χ4v) is 3.14. The lowest BCUT2D eigenvalue weighted by Gasteiger charge is -2.12. The van der Waals surface area contributed by atoms with Gasteiger partial charge in [0.05, 0.1) is 18.4 Å². The maximum absolute atomic E-state index is 12.2. The van der Waals surface area contributed by atoms with Crippen LogP contribution < -0.4 is 4.74 Å². The van der Waals surface area contributed by atoms with Crippen molar-refractivity contribution in [2.75, 3.05) is 13.7 Å². The number of amides is 1. The van der Waals surface area contributed by atoms with Crippen LogP contribution in [-0.4, -0.2) is 39.9 Å². The quantitative estimate of drug-likeness (QED) is 0.629. The average Bonchev–Trinajstić information content (AvgIpc) is 2.80. The molecule has 1 saturated heterocycles.